The Morgan fingerprint density at radius 3 is 2.79 bits per heavy atom. The molecule has 2 atom stereocenters. The lowest BCUT2D eigenvalue weighted by atomic mass is 10.1. The van der Waals surface area contributed by atoms with Crippen molar-refractivity contribution < 1.29 is 22.6 Å². The predicted octanol–water partition coefficient (Wildman–Crippen LogP) is 2.89. The van der Waals surface area contributed by atoms with E-state index in [0.717, 1.165) is 45.3 Å². The van der Waals surface area contributed by atoms with Gasteiger partial charge in [-0.2, -0.15) is 13.2 Å². The van der Waals surface area contributed by atoms with Crippen molar-refractivity contribution in [2.24, 2.45) is 0 Å². The highest BCUT2D eigenvalue weighted by Crippen LogP contribution is 2.19. The summed E-state index contributed by atoms with van der Waals surface area (Å²) in [5.74, 6) is 0. The quantitative estimate of drug-likeness (QED) is 0.706. The fourth-order valence-electron chi connectivity index (χ4n) is 2.31. The lowest BCUT2D eigenvalue weighted by Crippen LogP contribution is -2.35. The van der Waals surface area contributed by atoms with Gasteiger partial charge in [-0.25, -0.2) is 0 Å². The molecule has 0 saturated carbocycles. The van der Waals surface area contributed by atoms with E-state index in [1.54, 1.807) is 0 Å². The van der Waals surface area contributed by atoms with Crippen LogP contribution in [0.4, 0.5) is 13.2 Å². The maximum absolute atomic E-state index is 12.0. The van der Waals surface area contributed by atoms with Gasteiger partial charge in [-0.1, -0.05) is 6.92 Å². The Bertz CT molecular complexity index is 230. The number of alkyl halides is 3. The number of hydrogen-bond acceptors (Lipinski definition) is 3. The van der Waals surface area contributed by atoms with Gasteiger partial charge in [0, 0.05) is 12.6 Å². The molecule has 1 aliphatic heterocycles. The predicted molar refractivity (Wildman–Crippen MR) is 67.2 cm³/mol. The zero-order chi connectivity index (χ0) is 14.1. The van der Waals surface area contributed by atoms with Gasteiger partial charge < -0.3 is 14.8 Å². The molecule has 0 bridgehead atoms. The second-order valence-corrected chi connectivity index (χ2v) is 4.95. The highest BCUT2D eigenvalue weighted by molar-refractivity contribution is 4.70. The molecule has 19 heavy (non-hydrogen) atoms. The normalized spacial score (nSPS) is 21.8. The zero-order valence-corrected chi connectivity index (χ0v) is 11.5. The first-order valence-electron chi connectivity index (χ1n) is 7.00. The standard InChI is InChI=1S/C13H24F3NO2/c1-2-17-11(9-18-10-13(14,15)16)5-3-6-12-7-4-8-19-12/h11-12,17H,2-10H2,1H3. The Kier molecular flexibility index (Phi) is 7.71. The summed E-state index contributed by atoms with van der Waals surface area (Å²) in [4.78, 5) is 0. The summed E-state index contributed by atoms with van der Waals surface area (Å²) in [6.07, 6.45) is 1.10. The third-order valence-corrected chi connectivity index (χ3v) is 3.18. The maximum Gasteiger partial charge on any atom is 0.411 e. The average Bonchev–Trinajstić information content (AvgIpc) is 2.80. The lowest BCUT2D eigenvalue weighted by molar-refractivity contribution is -0.175. The van der Waals surface area contributed by atoms with Crippen LogP contribution in [0.15, 0.2) is 0 Å². The van der Waals surface area contributed by atoms with Crippen molar-refractivity contribution in [1.82, 2.24) is 5.32 Å². The molecule has 0 aromatic rings. The van der Waals surface area contributed by atoms with Gasteiger partial charge in [0.15, 0.2) is 0 Å². The average molecular weight is 283 g/mol. The largest absolute Gasteiger partial charge is 0.411 e. The van der Waals surface area contributed by atoms with E-state index in [2.05, 4.69) is 5.32 Å². The molecule has 0 amide bonds. The van der Waals surface area contributed by atoms with Crippen LogP contribution in [0, 0.1) is 0 Å². The van der Waals surface area contributed by atoms with Crippen LogP contribution in [0.5, 0.6) is 0 Å². The SMILES string of the molecule is CCNC(CCCC1CCCO1)COCC(F)(F)F. The Hall–Kier alpha value is -0.330. The summed E-state index contributed by atoms with van der Waals surface area (Å²) in [5.41, 5.74) is 0. The molecular formula is C13H24F3NO2. The van der Waals surface area contributed by atoms with Gasteiger partial charge in [0.1, 0.15) is 6.61 Å². The van der Waals surface area contributed by atoms with E-state index in [0.29, 0.717) is 6.10 Å². The molecule has 0 aliphatic carbocycles. The summed E-state index contributed by atoms with van der Waals surface area (Å²) in [5, 5.41) is 3.16. The van der Waals surface area contributed by atoms with E-state index in [1.807, 2.05) is 6.92 Å². The van der Waals surface area contributed by atoms with E-state index < -0.39 is 12.8 Å². The minimum atomic E-state index is -4.24. The molecular weight excluding hydrogens is 259 g/mol. The summed E-state index contributed by atoms with van der Waals surface area (Å²) >= 11 is 0. The van der Waals surface area contributed by atoms with Gasteiger partial charge in [-0.15, -0.1) is 0 Å². The van der Waals surface area contributed by atoms with Crippen LogP contribution in [-0.4, -0.2) is 44.7 Å². The maximum atomic E-state index is 12.0. The van der Waals surface area contributed by atoms with Gasteiger partial charge in [-0.3, -0.25) is 0 Å². The van der Waals surface area contributed by atoms with Crippen LogP contribution in [0.3, 0.4) is 0 Å². The third-order valence-electron chi connectivity index (χ3n) is 3.18. The van der Waals surface area contributed by atoms with Crippen molar-refractivity contribution in [3.63, 3.8) is 0 Å². The van der Waals surface area contributed by atoms with Crippen molar-refractivity contribution in [3.8, 4) is 0 Å². The highest BCUT2D eigenvalue weighted by Gasteiger charge is 2.27. The molecule has 2 unspecified atom stereocenters. The molecule has 0 radical (unpaired) electrons. The van der Waals surface area contributed by atoms with Gasteiger partial charge in [0.2, 0.25) is 0 Å². The lowest BCUT2D eigenvalue weighted by Gasteiger charge is -2.19. The van der Waals surface area contributed by atoms with Crippen LogP contribution in [0.2, 0.25) is 0 Å². The van der Waals surface area contributed by atoms with Gasteiger partial charge in [-0.05, 0) is 38.6 Å². The van der Waals surface area contributed by atoms with Crippen LogP contribution in [0.1, 0.15) is 39.0 Å². The van der Waals surface area contributed by atoms with E-state index in [1.165, 1.54) is 0 Å². The first-order valence-corrected chi connectivity index (χ1v) is 7.00. The van der Waals surface area contributed by atoms with Crippen molar-refractivity contribution in [1.29, 1.82) is 0 Å². The Morgan fingerprint density at radius 1 is 1.42 bits per heavy atom. The summed E-state index contributed by atoms with van der Waals surface area (Å²) in [6.45, 7) is 2.46. The van der Waals surface area contributed by atoms with Crippen molar-refractivity contribution in [2.45, 2.75) is 57.3 Å². The molecule has 1 aliphatic rings. The summed E-state index contributed by atoms with van der Waals surface area (Å²) in [7, 11) is 0. The fraction of sp³-hybridized carbons (Fsp3) is 1.00. The highest BCUT2D eigenvalue weighted by atomic mass is 19.4. The smallest absolute Gasteiger partial charge is 0.378 e. The fourth-order valence-corrected chi connectivity index (χ4v) is 2.31. The van der Waals surface area contributed by atoms with Crippen molar-refractivity contribution in [3.05, 3.63) is 0 Å². The molecule has 0 aromatic heterocycles. The number of nitrogens with one attached hydrogen (secondary N) is 1. The second-order valence-electron chi connectivity index (χ2n) is 4.95. The second kappa shape index (κ2) is 8.76. The molecule has 1 N–H and O–H groups in total. The van der Waals surface area contributed by atoms with Crippen molar-refractivity contribution >= 4 is 0 Å². The Labute approximate surface area is 112 Å². The molecule has 114 valence electrons. The molecule has 1 fully saturated rings. The topological polar surface area (TPSA) is 30.5 Å². The third kappa shape index (κ3) is 8.44. The molecule has 6 heteroatoms. The molecule has 1 saturated heterocycles. The van der Waals surface area contributed by atoms with Crippen LogP contribution in [0.25, 0.3) is 0 Å². The molecule has 1 rings (SSSR count). The molecule has 0 aromatic carbocycles. The van der Waals surface area contributed by atoms with Gasteiger partial charge in [0.05, 0.1) is 12.7 Å². The molecule has 0 spiro atoms. The van der Waals surface area contributed by atoms with E-state index in [9.17, 15) is 13.2 Å². The first kappa shape index (κ1) is 16.7. The van der Waals surface area contributed by atoms with Crippen LogP contribution in [-0.2, 0) is 9.47 Å². The number of halogens is 3. The Balaban J connectivity index is 2.12. The van der Waals surface area contributed by atoms with Crippen molar-refractivity contribution in [2.75, 3.05) is 26.4 Å². The minimum absolute atomic E-state index is 0.00578. The summed E-state index contributed by atoms with van der Waals surface area (Å²) in [6, 6.07) is -0.00578. The molecule has 3 nitrogen and oxygen atoms in total. The van der Waals surface area contributed by atoms with Crippen LogP contribution < -0.4 is 5.32 Å². The Morgan fingerprint density at radius 2 is 2.21 bits per heavy atom. The van der Waals surface area contributed by atoms with E-state index in [4.69, 9.17) is 9.47 Å². The minimum Gasteiger partial charge on any atom is -0.378 e. The van der Waals surface area contributed by atoms with Gasteiger partial charge in [0.25, 0.3) is 0 Å². The summed E-state index contributed by atoms with van der Waals surface area (Å²) < 4.78 is 46.2. The zero-order valence-electron chi connectivity index (χ0n) is 11.5. The van der Waals surface area contributed by atoms with E-state index >= 15 is 0 Å². The number of hydrogen-bond donors (Lipinski definition) is 1. The van der Waals surface area contributed by atoms with E-state index in [-0.39, 0.29) is 12.6 Å². The number of rotatable bonds is 9. The number of ether oxygens (including phenoxy) is 2. The number of likely N-dealkylation sites (N-methyl/N-ethyl adjacent to an activating group) is 1. The first-order chi connectivity index (χ1) is 9.01. The van der Waals surface area contributed by atoms with Crippen LogP contribution >= 0.6 is 0 Å². The molecule has 1 heterocycles. The monoisotopic (exact) mass is 283 g/mol. The van der Waals surface area contributed by atoms with Gasteiger partial charge >= 0.3 is 6.18 Å².